The minimum Gasteiger partial charge on any atom is -0.508 e. The van der Waals surface area contributed by atoms with Crippen molar-refractivity contribution in [3.05, 3.63) is 57.0 Å². The number of rotatable bonds is 4. The Balaban J connectivity index is 2.35. The molecule has 2 aromatic carbocycles. The van der Waals surface area contributed by atoms with Gasteiger partial charge >= 0.3 is 0 Å². The molecule has 0 aliphatic rings. The van der Waals surface area contributed by atoms with E-state index in [9.17, 15) is 13.5 Å². The van der Waals surface area contributed by atoms with E-state index in [2.05, 4.69) is 31.9 Å². The lowest BCUT2D eigenvalue weighted by Gasteiger charge is -2.19. The number of hydrogen-bond acceptors (Lipinski definition) is 3. The Morgan fingerprint density at radius 3 is 2.48 bits per heavy atom. The van der Waals surface area contributed by atoms with Gasteiger partial charge in [0, 0.05) is 28.1 Å². The predicted molar refractivity (Wildman–Crippen MR) is 88.6 cm³/mol. The number of benzene rings is 2. The van der Waals surface area contributed by atoms with Gasteiger partial charge in [0.25, 0.3) is 0 Å². The Labute approximate surface area is 140 Å². The second-order valence-electron chi connectivity index (χ2n) is 4.46. The van der Waals surface area contributed by atoms with Gasteiger partial charge in [-0.25, -0.2) is 8.42 Å². The number of hydrogen-bond donors (Lipinski definition) is 1. The average Bonchev–Trinajstić information content (AvgIpc) is 2.43. The van der Waals surface area contributed by atoms with Gasteiger partial charge in [-0.05, 0) is 40.2 Å². The molecule has 0 unspecified atom stereocenters. The summed E-state index contributed by atoms with van der Waals surface area (Å²) in [5.74, 6) is 0.0767. The Morgan fingerprint density at radius 1 is 1.14 bits per heavy atom. The Bertz CT molecular complexity index is 763. The topological polar surface area (TPSA) is 57.6 Å². The lowest BCUT2D eigenvalue weighted by atomic mass is 10.2. The Morgan fingerprint density at radius 2 is 1.81 bits per heavy atom. The van der Waals surface area contributed by atoms with E-state index in [1.807, 2.05) is 0 Å². The summed E-state index contributed by atoms with van der Waals surface area (Å²) in [6.45, 7) is 0.0912. The third-order valence-electron chi connectivity index (χ3n) is 2.97. The summed E-state index contributed by atoms with van der Waals surface area (Å²) in [7, 11) is -2.18. The van der Waals surface area contributed by atoms with Crippen LogP contribution in [-0.4, -0.2) is 24.9 Å². The highest BCUT2D eigenvalue weighted by Crippen LogP contribution is 2.29. The number of nitrogens with zero attached hydrogens (tertiary/aromatic N) is 1. The van der Waals surface area contributed by atoms with Crippen LogP contribution < -0.4 is 0 Å². The minimum absolute atomic E-state index is 0.0767. The lowest BCUT2D eigenvalue weighted by molar-refractivity contribution is 0.435. The van der Waals surface area contributed by atoms with Crippen LogP contribution in [0.25, 0.3) is 0 Å². The fourth-order valence-electron chi connectivity index (χ4n) is 1.81. The summed E-state index contributed by atoms with van der Waals surface area (Å²) in [6.07, 6.45) is 0. The molecule has 0 radical (unpaired) electrons. The fraction of sp³-hybridized carbons (Fsp3) is 0.143. The highest BCUT2D eigenvalue weighted by molar-refractivity contribution is 9.11. The first kappa shape index (κ1) is 16.5. The van der Waals surface area contributed by atoms with Crippen molar-refractivity contribution in [3.8, 4) is 5.75 Å². The smallest absolute Gasteiger partial charge is 0.244 e. The molecule has 0 aliphatic carbocycles. The van der Waals surface area contributed by atoms with E-state index in [-0.39, 0.29) is 17.2 Å². The molecular formula is C14H13Br2NO3S. The van der Waals surface area contributed by atoms with Crippen LogP contribution in [0.3, 0.4) is 0 Å². The van der Waals surface area contributed by atoms with E-state index in [0.717, 1.165) is 0 Å². The molecule has 0 aromatic heterocycles. The van der Waals surface area contributed by atoms with Crippen molar-refractivity contribution in [3.63, 3.8) is 0 Å². The summed E-state index contributed by atoms with van der Waals surface area (Å²) in [5.41, 5.74) is 0.551. The van der Waals surface area contributed by atoms with E-state index in [1.165, 1.54) is 17.4 Å². The Hall–Kier alpha value is -0.890. The molecule has 0 fully saturated rings. The molecule has 0 heterocycles. The first-order chi connectivity index (χ1) is 9.82. The van der Waals surface area contributed by atoms with E-state index in [4.69, 9.17) is 0 Å². The molecule has 0 amide bonds. The maximum atomic E-state index is 12.6. The molecular weight excluding hydrogens is 422 g/mol. The molecule has 7 heteroatoms. The quantitative estimate of drug-likeness (QED) is 0.797. The molecule has 2 aromatic rings. The van der Waals surface area contributed by atoms with E-state index >= 15 is 0 Å². The maximum Gasteiger partial charge on any atom is 0.244 e. The molecule has 0 saturated carbocycles. The van der Waals surface area contributed by atoms with E-state index < -0.39 is 10.0 Å². The number of phenols is 1. The number of halogens is 2. The van der Waals surface area contributed by atoms with Crippen molar-refractivity contribution in [1.82, 2.24) is 4.31 Å². The van der Waals surface area contributed by atoms with Crippen LogP contribution in [0, 0.1) is 0 Å². The van der Waals surface area contributed by atoms with E-state index in [0.29, 0.717) is 14.5 Å². The summed E-state index contributed by atoms with van der Waals surface area (Å²) >= 11 is 6.53. The Kier molecular flexibility index (Phi) is 5.08. The minimum atomic E-state index is -3.66. The van der Waals surface area contributed by atoms with Crippen LogP contribution in [-0.2, 0) is 16.6 Å². The van der Waals surface area contributed by atoms with Gasteiger partial charge in [0.1, 0.15) is 5.75 Å². The second-order valence-corrected chi connectivity index (χ2v) is 8.25. The third-order valence-corrected chi connectivity index (χ3v) is 6.26. The number of sulfonamides is 1. The fourth-order valence-corrected chi connectivity index (χ4v) is 4.42. The maximum absolute atomic E-state index is 12.6. The SMILES string of the molecule is CN(Cc1ccccc1O)S(=O)(=O)c1cc(Br)ccc1Br. The lowest BCUT2D eigenvalue weighted by Crippen LogP contribution is -2.26. The zero-order valence-electron chi connectivity index (χ0n) is 11.1. The van der Waals surface area contributed by atoms with Crippen LogP contribution in [0.5, 0.6) is 5.75 Å². The zero-order valence-corrected chi connectivity index (χ0v) is 15.1. The average molecular weight is 435 g/mol. The summed E-state index contributed by atoms with van der Waals surface area (Å²) < 4.78 is 27.6. The third kappa shape index (κ3) is 3.66. The van der Waals surface area contributed by atoms with Crippen LogP contribution in [0.15, 0.2) is 56.3 Å². The molecule has 2 rings (SSSR count). The van der Waals surface area contributed by atoms with Gasteiger partial charge < -0.3 is 5.11 Å². The number of para-hydroxylation sites is 1. The molecule has 0 saturated heterocycles. The molecule has 0 bridgehead atoms. The van der Waals surface area contributed by atoms with Gasteiger partial charge in [-0.3, -0.25) is 0 Å². The molecule has 4 nitrogen and oxygen atoms in total. The van der Waals surface area contributed by atoms with Gasteiger partial charge in [0.05, 0.1) is 4.90 Å². The van der Waals surface area contributed by atoms with Crippen LogP contribution in [0.2, 0.25) is 0 Å². The standard InChI is InChI=1S/C14H13Br2NO3S/c1-17(9-10-4-2-3-5-13(10)18)21(19,20)14-8-11(15)6-7-12(14)16/h2-8,18H,9H2,1H3. The van der Waals surface area contributed by atoms with Crippen LogP contribution in [0.4, 0.5) is 0 Å². The first-order valence-electron chi connectivity index (χ1n) is 6.00. The van der Waals surface area contributed by atoms with Crippen molar-refractivity contribution >= 4 is 41.9 Å². The van der Waals surface area contributed by atoms with Crippen molar-refractivity contribution in [2.24, 2.45) is 0 Å². The predicted octanol–water partition coefficient (Wildman–Crippen LogP) is 3.74. The van der Waals surface area contributed by atoms with Crippen LogP contribution in [0.1, 0.15) is 5.56 Å². The first-order valence-corrected chi connectivity index (χ1v) is 9.03. The van der Waals surface area contributed by atoms with Gasteiger partial charge in [-0.15, -0.1) is 0 Å². The molecule has 112 valence electrons. The van der Waals surface area contributed by atoms with E-state index in [1.54, 1.807) is 36.4 Å². The van der Waals surface area contributed by atoms with Gasteiger partial charge in [-0.2, -0.15) is 4.31 Å². The second kappa shape index (κ2) is 6.48. The monoisotopic (exact) mass is 433 g/mol. The molecule has 0 aliphatic heterocycles. The van der Waals surface area contributed by atoms with Gasteiger partial charge in [0.15, 0.2) is 0 Å². The van der Waals surface area contributed by atoms with Crippen LogP contribution >= 0.6 is 31.9 Å². The van der Waals surface area contributed by atoms with Gasteiger partial charge in [0.2, 0.25) is 10.0 Å². The molecule has 21 heavy (non-hydrogen) atoms. The normalized spacial score (nSPS) is 11.8. The molecule has 0 atom stereocenters. The number of aromatic hydroxyl groups is 1. The summed E-state index contributed by atoms with van der Waals surface area (Å²) in [5, 5.41) is 9.76. The zero-order chi connectivity index (χ0) is 15.6. The van der Waals surface area contributed by atoms with Gasteiger partial charge in [-0.1, -0.05) is 34.1 Å². The highest BCUT2D eigenvalue weighted by Gasteiger charge is 2.24. The highest BCUT2D eigenvalue weighted by atomic mass is 79.9. The van der Waals surface area contributed by atoms with Crippen molar-refractivity contribution in [2.45, 2.75) is 11.4 Å². The summed E-state index contributed by atoms with van der Waals surface area (Å²) in [4.78, 5) is 0.176. The largest absolute Gasteiger partial charge is 0.508 e. The van der Waals surface area contributed by atoms with Crippen molar-refractivity contribution in [1.29, 1.82) is 0 Å². The number of phenolic OH excluding ortho intramolecular Hbond substituents is 1. The summed E-state index contributed by atoms with van der Waals surface area (Å²) in [6, 6.07) is 11.6. The molecule has 1 N–H and O–H groups in total. The molecule has 0 spiro atoms. The van der Waals surface area contributed by atoms with Crippen molar-refractivity contribution < 1.29 is 13.5 Å². The van der Waals surface area contributed by atoms with Crippen molar-refractivity contribution in [2.75, 3.05) is 7.05 Å².